The molecule has 3 aromatic rings. The zero-order chi connectivity index (χ0) is 15.0. The summed E-state index contributed by atoms with van der Waals surface area (Å²) >= 11 is 1.62. The van der Waals surface area contributed by atoms with Crippen molar-refractivity contribution in [2.24, 2.45) is 0 Å². The number of rotatable bonds is 3. The van der Waals surface area contributed by atoms with Crippen molar-refractivity contribution in [1.29, 1.82) is 0 Å². The molecule has 0 bridgehead atoms. The molecule has 108 valence electrons. The van der Waals surface area contributed by atoms with E-state index in [0.717, 1.165) is 17.1 Å². The first-order valence-electron chi connectivity index (χ1n) is 6.73. The number of aryl methyl sites for hydroxylation is 2. The SMILES string of the molecule is CC[C@H](c1nc(C)c(C)s1)n1cnc2nccnc2c1=O. The molecular formula is C14H15N5OS. The molecule has 0 spiro atoms. The van der Waals surface area contributed by atoms with E-state index in [9.17, 15) is 4.79 Å². The largest absolute Gasteiger partial charge is 0.287 e. The van der Waals surface area contributed by atoms with Crippen LogP contribution < -0.4 is 5.56 Å². The van der Waals surface area contributed by atoms with Crippen LogP contribution in [0.1, 0.15) is 35.0 Å². The molecule has 21 heavy (non-hydrogen) atoms. The third-order valence-electron chi connectivity index (χ3n) is 3.47. The maximum absolute atomic E-state index is 12.6. The minimum atomic E-state index is -0.176. The predicted molar refractivity (Wildman–Crippen MR) is 81.6 cm³/mol. The first-order valence-corrected chi connectivity index (χ1v) is 7.55. The van der Waals surface area contributed by atoms with E-state index in [1.54, 1.807) is 22.2 Å². The highest BCUT2D eigenvalue weighted by molar-refractivity contribution is 7.11. The fourth-order valence-corrected chi connectivity index (χ4v) is 3.33. The van der Waals surface area contributed by atoms with Crippen molar-refractivity contribution in [3.63, 3.8) is 0 Å². The van der Waals surface area contributed by atoms with Gasteiger partial charge in [-0.1, -0.05) is 6.92 Å². The van der Waals surface area contributed by atoms with Crippen LogP contribution in [0.5, 0.6) is 0 Å². The van der Waals surface area contributed by atoms with Crippen molar-refractivity contribution in [2.45, 2.75) is 33.2 Å². The number of fused-ring (bicyclic) bond motifs is 1. The molecule has 3 heterocycles. The summed E-state index contributed by atoms with van der Waals surface area (Å²) in [6, 6.07) is -0.117. The van der Waals surface area contributed by atoms with E-state index in [0.29, 0.717) is 11.2 Å². The van der Waals surface area contributed by atoms with E-state index in [-0.39, 0.29) is 11.6 Å². The molecule has 0 aromatic carbocycles. The van der Waals surface area contributed by atoms with Crippen LogP contribution in [-0.4, -0.2) is 24.5 Å². The molecule has 1 atom stereocenters. The molecular weight excluding hydrogens is 286 g/mol. The monoisotopic (exact) mass is 301 g/mol. The van der Waals surface area contributed by atoms with E-state index in [1.165, 1.54) is 17.3 Å². The van der Waals surface area contributed by atoms with Crippen LogP contribution >= 0.6 is 11.3 Å². The van der Waals surface area contributed by atoms with Gasteiger partial charge in [0.05, 0.1) is 11.7 Å². The normalized spacial score (nSPS) is 12.7. The van der Waals surface area contributed by atoms with Crippen LogP contribution in [0, 0.1) is 13.8 Å². The van der Waals surface area contributed by atoms with Crippen LogP contribution in [0.3, 0.4) is 0 Å². The topological polar surface area (TPSA) is 73.6 Å². The molecule has 0 amide bonds. The third-order valence-corrected chi connectivity index (χ3v) is 4.65. The Morgan fingerprint density at radius 2 is 2.00 bits per heavy atom. The van der Waals surface area contributed by atoms with Gasteiger partial charge in [0.2, 0.25) is 0 Å². The molecule has 0 aliphatic heterocycles. The molecule has 0 aliphatic rings. The Hall–Kier alpha value is -2.15. The van der Waals surface area contributed by atoms with E-state index < -0.39 is 0 Å². The standard InChI is InChI=1S/C14H15N5OS/c1-4-10(13-18-8(2)9(3)21-13)19-7-17-12-11(14(19)20)15-5-6-16-12/h5-7,10H,4H2,1-3H3/t10-/m1/s1. The molecule has 3 aromatic heterocycles. The molecule has 0 fully saturated rings. The Labute approximate surface area is 125 Å². The minimum Gasteiger partial charge on any atom is -0.287 e. The summed E-state index contributed by atoms with van der Waals surface area (Å²) in [6.07, 6.45) is 5.34. The van der Waals surface area contributed by atoms with E-state index in [1.807, 2.05) is 20.8 Å². The third kappa shape index (κ3) is 2.33. The lowest BCUT2D eigenvalue weighted by atomic mass is 10.2. The Morgan fingerprint density at radius 1 is 1.24 bits per heavy atom. The fraction of sp³-hybridized carbons (Fsp3) is 0.357. The Morgan fingerprint density at radius 3 is 2.67 bits per heavy atom. The van der Waals surface area contributed by atoms with E-state index in [4.69, 9.17) is 0 Å². The first-order chi connectivity index (χ1) is 10.1. The van der Waals surface area contributed by atoms with Crippen LogP contribution in [0.4, 0.5) is 0 Å². The summed E-state index contributed by atoms with van der Waals surface area (Å²) in [5.41, 5.74) is 1.50. The average Bonchev–Trinajstić information content (AvgIpc) is 2.82. The molecule has 7 heteroatoms. The van der Waals surface area contributed by atoms with Gasteiger partial charge in [-0.3, -0.25) is 9.36 Å². The zero-order valence-corrected chi connectivity index (χ0v) is 12.9. The number of thiazole rings is 1. The average molecular weight is 301 g/mol. The van der Waals surface area contributed by atoms with Crippen molar-refractivity contribution in [3.05, 3.63) is 44.7 Å². The van der Waals surface area contributed by atoms with Crippen molar-refractivity contribution in [1.82, 2.24) is 24.5 Å². The number of hydrogen-bond acceptors (Lipinski definition) is 6. The van der Waals surface area contributed by atoms with Gasteiger partial charge in [-0.05, 0) is 20.3 Å². The van der Waals surface area contributed by atoms with E-state index >= 15 is 0 Å². The predicted octanol–water partition coefficient (Wildman–Crippen LogP) is 2.26. The zero-order valence-electron chi connectivity index (χ0n) is 12.1. The number of nitrogens with zero attached hydrogens (tertiary/aromatic N) is 5. The molecule has 0 unspecified atom stereocenters. The van der Waals surface area contributed by atoms with Gasteiger partial charge < -0.3 is 0 Å². The maximum Gasteiger partial charge on any atom is 0.282 e. The van der Waals surface area contributed by atoms with Gasteiger partial charge in [0.1, 0.15) is 11.3 Å². The first kappa shape index (κ1) is 13.8. The van der Waals surface area contributed by atoms with Crippen LogP contribution in [0.2, 0.25) is 0 Å². The number of aromatic nitrogens is 5. The molecule has 6 nitrogen and oxygen atoms in total. The van der Waals surface area contributed by atoms with Crippen molar-refractivity contribution >= 4 is 22.5 Å². The second-order valence-electron chi connectivity index (χ2n) is 4.80. The summed E-state index contributed by atoms with van der Waals surface area (Å²) in [5.74, 6) is 0. The van der Waals surface area contributed by atoms with Gasteiger partial charge in [0.15, 0.2) is 11.2 Å². The summed E-state index contributed by atoms with van der Waals surface area (Å²) in [7, 11) is 0. The van der Waals surface area contributed by atoms with Crippen molar-refractivity contribution in [2.75, 3.05) is 0 Å². The highest BCUT2D eigenvalue weighted by atomic mass is 32.1. The lowest BCUT2D eigenvalue weighted by Crippen LogP contribution is -2.26. The summed E-state index contributed by atoms with van der Waals surface area (Å²) < 4.78 is 1.61. The fourth-order valence-electron chi connectivity index (χ4n) is 2.22. The molecule has 0 saturated heterocycles. The smallest absolute Gasteiger partial charge is 0.282 e. The molecule has 0 aliphatic carbocycles. The minimum absolute atomic E-state index is 0.117. The summed E-state index contributed by atoms with van der Waals surface area (Å²) in [6.45, 7) is 6.05. The Kier molecular flexibility index (Phi) is 3.50. The molecule has 0 N–H and O–H groups in total. The van der Waals surface area contributed by atoms with Gasteiger partial charge in [-0.2, -0.15) is 0 Å². The lowest BCUT2D eigenvalue weighted by Gasteiger charge is -2.15. The van der Waals surface area contributed by atoms with Gasteiger partial charge in [0.25, 0.3) is 5.56 Å². The van der Waals surface area contributed by atoms with Gasteiger partial charge in [0, 0.05) is 17.3 Å². The van der Waals surface area contributed by atoms with Crippen LogP contribution in [-0.2, 0) is 0 Å². The Balaban J connectivity index is 2.17. The maximum atomic E-state index is 12.6. The van der Waals surface area contributed by atoms with E-state index in [2.05, 4.69) is 19.9 Å². The molecule has 3 rings (SSSR count). The second kappa shape index (κ2) is 5.33. The highest BCUT2D eigenvalue weighted by Gasteiger charge is 2.19. The molecule has 0 saturated carbocycles. The van der Waals surface area contributed by atoms with Crippen molar-refractivity contribution < 1.29 is 0 Å². The van der Waals surface area contributed by atoms with Crippen molar-refractivity contribution in [3.8, 4) is 0 Å². The van der Waals surface area contributed by atoms with Crippen LogP contribution in [0.25, 0.3) is 11.2 Å². The van der Waals surface area contributed by atoms with Crippen LogP contribution in [0.15, 0.2) is 23.5 Å². The van der Waals surface area contributed by atoms with Gasteiger partial charge >= 0.3 is 0 Å². The Bertz CT molecular complexity index is 834. The lowest BCUT2D eigenvalue weighted by molar-refractivity contribution is 0.540. The molecule has 0 radical (unpaired) electrons. The summed E-state index contributed by atoms with van der Waals surface area (Å²) in [5, 5.41) is 0.930. The highest BCUT2D eigenvalue weighted by Crippen LogP contribution is 2.27. The van der Waals surface area contributed by atoms with Gasteiger partial charge in [-0.15, -0.1) is 11.3 Å². The van der Waals surface area contributed by atoms with Gasteiger partial charge in [-0.25, -0.2) is 19.9 Å². The second-order valence-corrected chi connectivity index (χ2v) is 6.04. The number of hydrogen-bond donors (Lipinski definition) is 0. The summed E-state index contributed by atoms with van der Waals surface area (Å²) in [4.78, 5) is 30.7. The quantitative estimate of drug-likeness (QED) is 0.742.